The zero-order valence-electron chi connectivity index (χ0n) is 37.5. The number of aromatic nitrogens is 5. The number of phenols is 1. The van der Waals surface area contributed by atoms with Crippen molar-refractivity contribution in [1.29, 1.82) is 0 Å². The highest BCUT2D eigenvalue weighted by molar-refractivity contribution is 7.13. The third-order valence-electron chi connectivity index (χ3n) is 12.9. The average Bonchev–Trinajstić information content (AvgIpc) is 4.12. The number of nitrogen functional groups attached to an aromatic ring is 1. The van der Waals surface area contributed by atoms with Crippen LogP contribution in [0.2, 0.25) is 0 Å². The van der Waals surface area contributed by atoms with Gasteiger partial charge in [0.25, 0.3) is 0 Å². The van der Waals surface area contributed by atoms with Crippen LogP contribution in [0.15, 0.2) is 77.0 Å². The number of anilines is 2. The number of hydrogen-bond acceptors (Lipinski definition) is 14. The van der Waals surface area contributed by atoms with Crippen molar-refractivity contribution in [3.8, 4) is 39.3 Å². The molecule has 1 aliphatic carbocycles. The van der Waals surface area contributed by atoms with Crippen molar-refractivity contribution in [3.63, 3.8) is 0 Å². The monoisotopic (exact) mass is 913 g/mol. The lowest BCUT2D eigenvalue weighted by Crippen LogP contribution is -2.48. The van der Waals surface area contributed by atoms with Gasteiger partial charge in [-0.2, -0.15) is 4.98 Å². The van der Waals surface area contributed by atoms with Crippen LogP contribution >= 0.6 is 11.3 Å². The summed E-state index contributed by atoms with van der Waals surface area (Å²) in [4.78, 5) is 46.0. The number of fused-ring (bicyclic) bond motifs is 1. The first-order valence-corrected chi connectivity index (χ1v) is 23.5. The van der Waals surface area contributed by atoms with Crippen LogP contribution in [0, 0.1) is 24.7 Å². The molecule has 17 heteroatoms. The smallest absolute Gasteiger partial charge is 0.243 e. The summed E-state index contributed by atoms with van der Waals surface area (Å²) in [6, 6.07) is 15.8. The Bertz CT molecular complexity index is 2740. The Balaban J connectivity index is 0.727. The second-order valence-corrected chi connectivity index (χ2v) is 18.7. The number of aromatic hydroxyl groups is 1. The number of imidazole rings is 1. The Hall–Kier alpha value is -6.32. The summed E-state index contributed by atoms with van der Waals surface area (Å²) in [5.41, 5.74) is 12.8. The van der Waals surface area contributed by atoms with E-state index in [0.29, 0.717) is 34.2 Å². The van der Waals surface area contributed by atoms with Crippen LogP contribution in [0.1, 0.15) is 87.4 Å². The van der Waals surface area contributed by atoms with Gasteiger partial charge < -0.3 is 45.1 Å². The molecule has 9 rings (SSSR count). The third kappa shape index (κ3) is 9.64. The van der Waals surface area contributed by atoms with Crippen LogP contribution in [0.4, 0.5) is 11.6 Å². The number of likely N-dealkylation sites (tertiary alicyclic amines) is 1. The van der Waals surface area contributed by atoms with Crippen LogP contribution in [0.25, 0.3) is 27.5 Å². The van der Waals surface area contributed by atoms with E-state index in [1.165, 1.54) is 4.90 Å². The minimum atomic E-state index is -0.816. The fourth-order valence-electron chi connectivity index (χ4n) is 9.09. The first-order valence-electron chi connectivity index (χ1n) is 22.6. The summed E-state index contributed by atoms with van der Waals surface area (Å²) >= 11 is 1.59. The molecule has 0 spiro atoms. The van der Waals surface area contributed by atoms with Crippen molar-refractivity contribution < 1.29 is 33.8 Å². The quantitative estimate of drug-likeness (QED) is 0.0945. The second kappa shape index (κ2) is 19.3. The van der Waals surface area contributed by atoms with Gasteiger partial charge in [0.1, 0.15) is 30.1 Å². The van der Waals surface area contributed by atoms with E-state index in [1.807, 2.05) is 69.6 Å². The fourth-order valence-corrected chi connectivity index (χ4v) is 9.90. The summed E-state index contributed by atoms with van der Waals surface area (Å²) in [5.74, 6) is 6.66. The molecule has 1 saturated carbocycles. The maximum Gasteiger partial charge on any atom is 0.243 e. The molecule has 4 atom stereocenters. The van der Waals surface area contributed by atoms with Crippen molar-refractivity contribution in [2.45, 2.75) is 102 Å². The van der Waals surface area contributed by atoms with Gasteiger partial charge >= 0.3 is 0 Å². The summed E-state index contributed by atoms with van der Waals surface area (Å²) < 4.78 is 20.1. The van der Waals surface area contributed by atoms with E-state index in [0.717, 1.165) is 60.5 Å². The maximum absolute atomic E-state index is 14.3. The number of hydrogen-bond donors (Lipinski definition) is 4. The summed E-state index contributed by atoms with van der Waals surface area (Å²) in [6.45, 7) is 9.57. The largest absolute Gasteiger partial charge is 0.507 e. The second-order valence-electron chi connectivity index (χ2n) is 17.9. The number of aliphatic hydroxyl groups excluding tert-OH is 1. The highest BCUT2D eigenvalue weighted by atomic mass is 32.1. The van der Waals surface area contributed by atoms with Gasteiger partial charge in [-0.05, 0) is 55.9 Å². The number of benzene rings is 2. The number of para-hydroxylation sites is 1. The Morgan fingerprint density at radius 1 is 1.02 bits per heavy atom. The van der Waals surface area contributed by atoms with Gasteiger partial charge in [0.2, 0.25) is 17.6 Å². The van der Waals surface area contributed by atoms with E-state index in [4.69, 9.17) is 19.7 Å². The third-order valence-corrected chi connectivity index (χ3v) is 13.8. The standard InChI is InChI=1S/C49H55N9O7S/c1-28(2)44(48(62)58-25-34(59)20-40(58)47(61)52-29(3)31-11-13-32(14-12-31)45-30(4)51-27-66-45)42-23-43(55-65-42)56-17-15-35(16-18-56)64-37-21-36(22-37)63-19-7-8-33-24-57-26-39(53-49(57)54-46(33)50)38-9-5-6-10-41(38)60/h5-6,9-14,23-24,26-29,34-37,40,44,59-60H,15-22,25H2,1-4H3,(H,52,61)(H2,50,53,54)/t29-,34+,36?,37?,40-,44+/m0/s1. The predicted octanol–water partition coefficient (Wildman–Crippen LogP) is 6.27. The number of thiazole rings is 1. The molecule has 0 unspecified atom stereocenters. The molecule has 2 aliphatic heterocycles. The summed E-state index contributed by atoms with van der Waals surface area (Å²) in [6.07, 6.45) is 6.46. The number of carbonyl (C=O) groups excluding carboxylic acids is 2. The number of nitrogens with zero attached hydrogens (tertiary/aromatic N) is 7. The summed E-state index contributed by atoms with van der Waals surface area (Å²) in [5, 5.41) is 28.4. The number of amides is 2. The van der Waals surface area contributed by atoms with E-state index in [9.17, 15) is 19.8 Å². The molecule has 2 saturated heterocycles. The highest BCUT2D eigenvalue weighted by Crippen LogP contribution is 2.35. The molecule has 16 nitrogen and oxygen atoms in total. The zero-order valence-corrected chi connectivity index (χ0v) is 38.3. The van der Waals surface area contributed by atoms with Gasteiger partial charge in [-0.25, -0.2) is 9.97 Å². The lowest BCUT2D eigenvalue weighted by Gasteiger charge is -2.39. The molecule has 3 aliphatic rings. The van der Waals surface area contributed by atoms with Crippen LogP contribution in [0.3, 0.4) is 0 Å². The van der Waals surface area contributed by atoms with Crippen molar-refractivity contribution in [1.82, 2.24) is 34.7 Å². The zero-order chi connectivity index (χ0) is 46.1. The molecule has 5 N–H and O–H groups in total. The van der Waals surface area contributed by atoms with Crippen LogP contribution in [-0.4, -0.2) is 108 Å². The molecular formula is C49H55N9O7S. The van der Waals surface area contributed by atoms with Gasteiger partial charge in [0.05, 0.1) is 57.8 Å². The number of nitrogens with one attached hydrogen (secondary N) is 1. The number of carbonyl (C=O) groups is 2. The number of aryl methyl sites for hydroxylation is 1. The Labute approximate surface area is 387 Å². The molecule has 4 aromatic heterocycles. The van der Waals surface area contributed by atoms with Crippen molar-refractivity contribution >= 4 is 40.6 Å². The molecule has 2 amide bonds. The van der Waals surface area contributed by atoms with Crippen molar-refractivity contribution in [3.05, 3.63) is 95.1 Å². The highest BCUT2D eigenvalue weighted by Gasteiger charge is 2.44. The lowest BCUT2D eigenvalue weighted by atomic mass is 9.91. The van der Waals surface area contributed by atoms with E-state index < -0.39 is 18.1 Å². The number of β-amino-alcohol motifs (C(OH)–C–C–N with tert-alkyl or cyclic N) is 1. The SMILES string of the molecule is Cc1ncsc1-c1ccc([C@H](C)NC(=O)[C@@H]2C[C@@H](O)CN2C(=O)[C@@H](c2cc(N3CCC(OC4CC(OCC#Cc5cn6cc(-c7ccccc7O)nc6nc5N)C4)CC3)no2)C(C)C)cc1. The molecule has 6 heterocycles. The number of piperidine rings is 1. The van der Waals surface area contributed by atoms with Gasteiger partial charge in [-0.3, -0.25) is 14.0 Å². The molecule has 0 radical (unpaired) electrons. The Kier molecular flexibility index (Phi) is 13.1. The predicted molar refractivity (Wildman–Crippen MR) is 250 cm³/mol. The fraction of sp³-hybridized carbons (Fsp3) is 0.429. The van der Waals surface area contributed by atoms with E-state index in [-0.39, 0.29) is 73.2 Å². The number of phenolic OH excluding ortho intramolecular Hbond substituents is 1. The van der Waals surface area contributed by atoms with Gasteiger partial charge in [0.15, 0.2) is 11.6 Å². The van der Waals surface area contributed by atoms with Gasteiger partial charge in [0, 0.05) is 62.9 Å². The molecule has 2 aromatic carbocycles. The van der Waals surface area contributed by atoms with E-state index >= 15 is 0 Å². The Morgan fingerprint density at radius 2 is 1.79 bits per heavy atom. The maximum atomic E-state index is 14.3. The minimum Gasteiger partial charge on any atom is -0.507 e. The normalized spacial score (nSPS) is 20.8. The number of ether oxygens (including phenoxy) is 2. The van der Waals surface area contributed by atoms with E-state index in [2.05, 4.69) is 42.2 Å². The minimum absolute atomic E-state index is 0.0663. The average molecular weight is 914 g/mol. The van der Waals surface area contributed by atoms with Crippen LogP contribution in [-0.2, 0) is 19.1 Å². The van der Waals surface area contributed by atoms with Crippen molar-refractivity contribution in [2.24, 2.45) is 5.92 Å². The lowest BCUT2D eigenvalue weighted by molar-refractivity contribution is -0.141. The summed E-state index contributed by atoms with van der Waals surface area (Å²) in [7, 11) is 0. The van der Waals surface area contributed by atoms with Crippen LogP contribution in [0.5, 0.6) is 5.75 Å². The van der Waals surface area contributed by atoms with E-state index in [1.54, 1.807) is 46.3 Å². The molecular weight excluding hydrogens is 859 g/mol. The van der Waals surface area contributed by atoms with Crippen molar-refractivity contribution in [2.75, 3.05) is 36.9 Å². The molecule has 344 valence electrons. The first kappa shape index (κ1) is 44.9. The molecule has 6 aromatic rings. The molecule has 3 fully saturated rings. The number of rotatable bonds is 13. The van der Waals surface area contributed by atoms with Crippen LogP contribution < -0.4 is 16.0 Å². The topological polar surface area (TPSA) is 207 Å². The van der Waals surface area contributed by atoms with Gasteiger partial charge in [-0.1, -0.05) is 67.2 Å². The van der Waals surface area contributed by atoms with Gasteiger partial charge in [-0.15, -0.1) is 11.3 Å². The molecule has 66 heavy (non-hydrogen) atoms. The number of nitrogens with two attached hydrogens (primary N) is 1. The molecule has 0 bridgehead atoms. The first-order chi connectivity index (χ1) is 31.9. The number of aliphatic hydroxyl groups is 1. The Morgan fingerprint density at radius 3 is 2.52 bits per heavy atom.